The second kappa shape index (κ2) is 9.44. The fourth-order valence-corrected chi connectivity index (χ4v) is 5.46. The third-order valence-electron chi connectivity index (χ3n) is 6.46. The molecule has 2 aromatic rings. The van der Waals surface area contributed by atoms with E-state index in [9.17, 15) is 13.2 Å². The lowest BCUT2D eigenvalue weighted by Gasteiger charge is -2.25. The summed E-state index contributed by atoms with van der Waals surface area (Å²) in [6.07, 6.45) is 4.77. The van der Waals surface area contributed by atoms with E-state index in [1.165, 1.54) is 17.7 Å². The van der Waals surface area contributed by atoms with Crippen LogP contribution in [0.3, 0.4) is 0 Å². The average molecular weight is 472 g/mol. The molecule has 3 N–H and O–H groups in total. The monoisotopic (exact) mass is 471 g/mol. The largest absolute Gasteiger partial charge is 0.486 e. The van der Waals surface area contributed by atoms with Crippen LogP contribution >= 0.6 is 0 Å². The summed E-state index contributed by atoms with van der Waals surface area (Å²) in [4.78, 5) is 15.5. The number of nitrogens with two attached hydrogens (primary N) is 1. The number of carbonyl (C=O) groups is 1. The van der Waals surface area contributed by atoms with Crippen molar-refractivity contribution in [3.05, 3.63) is 59.2 Å². The molecule has 2 aliphatic rings. The van der Waals surface area contributed by atoms with E-state index in [0.717, 1.165) is 38.8 Å². The predicted molar refractivity (Wildman–Crippen MR) is 128 cm³/mol. The van der Waals surface area contributed by atoms with Crippen molar-refractivity contribution in [2.75, 3.05) is 19.6 Å². The van der Waals surface area contributed by atoms with E-state index in [2.05, 4.69) is 34.5 Å². The zero-order valence-electron chi connectivity index (χ0n) is 19.3. The maximum absolute atomic E-state index is 13.1. The van der Waals surface area contributed by atoms with Gasteiger partial charge in [0.05, 0.1) is 10.5 Å². The maximum atomic E-state index is 13.1. The molecule has 0 bridgehead atoms. The first-order chi connectivity index (χ1) is 15.6. The number of nitrogens with zero attached hydrogens (tertiary/aromatic N) is 1. The average Bonchev–Trinajstić information content (AvgIpc) is 3.33. The van der Waals surface area contributed by atoms with Crippen molar-refractivity contribution in [3.63, 3.8) is 0 Å². The number of primary sulfonamides is 1. The number of sulfonamides is 1. The van der Waals surface area contributed by atoms with Gasteiger partial charge in [0.25, 0.3) is 5.91 Å². The molecule has 0 spiro atoms. The Morgan fingerprint density at radius 3 is 2.73 bits per heavy atom. The van der Waals surface area contributed by atoms with Gasteiger partial charge in [0.1, 0.15) is 11.4 Å². The maximum Gasteiger partial charge on any atom is 0.255 e. The molecule has 4 rings (SSSR count). The molecule has 0 aromatic heterocycles. The second-order valence-corrected chi connectivity index (χ2v) is 11.2. The molecular weight excluding hydrogens is 438 g/mol. The van der Waals surface area contributed by atoms with Gasteiger partial charge in [-0.3, -0.25) is 9.69 Å². The molecule has 0 saturated carbocycles. The Bertz CT molecular complexity index is 1120. The Kier molecular flexibility index (Phi) is 6.79. The number of nitrogens with one attached hydrogen (secondary N) is 1. The summed E-state index contributed by atoms with van der Waals surface area (Å²) in [5.41, 5.74) is 1.76. The zero-order valence-corrected chi connectivity index (χ0v) is 20.2. The Morgan fingerprint density at radius 1 is 1.24 bits per heavy atom. The molecule has 0 radical (unpaired) electrons. The molecule has 1 fully saturated rings. The van der Waals surface area contributed by atoms with Gasteiger partial charge in [0.2, 0.25) is 10.0 Å². The van der Waals surface area contributed by atoms with Crippen LogP contribution in [-0.2, 0) is 22.9 Å². The molecule has 0 unspecified atom stereocenters. The van der Waals surface area contributed by atoms with Crippen molar-refractivity contribution in [1.29, 1.82) is 0 Å². The normalized spacial score (nSPS) is 19.8. The van der Waals surface area contributed by atoms with Crippen LogP contribution in [-0.4, -0.2) is 50.5 Å². The molecule has 2 aromatic carbocycles. The van der Waals surface area contributed by atoms with Crippen LogP contribution in [0, 0.1) is 0 Å². The molecule has 1 atom stereocenters. The van der Waals surface area contributed by atoms with Gasteiger partial charge in [-0.1, -0.05) is 30.3 Å². The van der Waals surface area contributed by atoms with Crippen molar-refractivity contribution in [3.8, 4) is 5.75 Å². The van der Waals surface area contributed by atoms with Gasteiger partial charge >= 0.3 is 0 Å². The molecule has 2 heterocycles. The molecule has 7 nitrogen and oxygen atoms in total. The molecule has 1 saturated heterocycles. The number of likely N-dealkylation sites (tertiary alicyclic amines) is 1. The summed E-state index contributed by atoms with van der Waals surface area (Å²) < 4.78 is 30.0. The van der Waals surface area contributed by atoms with Gasteiger partial charge in [-0.2, -0.15) is 0 Å². The number of hydrogen-bond donors (Lipinski definition) is 2. The third-order valence-corrected chi connectivity index (χ3v) is 7.35. The van der Waals surface area contributed by atoms with Crippen molar-refractivity contribution in [2.24, 2.45) is 5.14 Å². The smallest absolute Gasteiger partial charge is 0.255 e. The molecular formula is C25H33N3O4S. The van der Waals surface area contributed by atoms with Gasteiger partial charge < -0.3 is 10.1 Å². The van der Waals surface area contributed by atoms with E-state index in [-0.39, 0.29) is 22.4 Å². The minimum absolute atomic E-state index is 0.0592. The highest BCUT2D eigenvalue weighted by Crippen LogP contribution is 2.39. The van der Waals surface area contributed by atoms with Crippen LogP contribution in [0.5, 0.6) is 5.75 Å². The minimum atomic E-state index is -3.93. The summed E-state index contributed by atoms with van der Waals surface area (Å²) in [5, 5.41) is 8.38. The lowest BCUT2D eigenvalue weighted by molar-refractivity contribution is 0.0926. The highest BCUT2D eigenvalue weighted by Gasteiger charge is 2.35. The highest BCUT2D eigenvalue weighted by molar-refractivity contribution is 7.89. The lowest BCUT2D eigenvalue weighted by Crippen LogP contribution is -2.40. The van der Waals surface area contributed by atoms with E-state index >= 15 is 0 Å². The van der Waals surface area contributed by atoms with Crippen molar-refractivity contribution in [2.45, 2.75) is 62.5 Å². The zero-order chi connectivity index (χ0) is 23.6. The first-order valence-corrected chi connectivity index (χ1v) is 13.1. The minimum Gasteiger partial charge on any atom is -0.486 e. The number of rotatable bonds is 8. The summed E-state index contributed by atoms with van der Waals surface area (Å²) in [7, 11) is -3.93. The Hall–Kier alpha value is -2.42. The molecule has 1 amide bonds. The van der Waals surface area contributed by atoms with Crippen LogP contribution in [0.15, 0.2) is 47.4 Å². The molecule has 2 aliphatic heterocycles. The van der Waals surface area contributed by atoms with E-state index in [1.807, 2.05) is 19.9 Å². The summed E-state index contributed by atoms with van der Waals surface area (Å²) in [5.74, 6) is 0.127. The number of benzene rings is 2. The van der Waals surface area contributed by atoms with E-state index < -0.39 is 15.6 Å². The van der Waals surface area contributed by atoms with Crippen molar-refractivity contribution >= 4 is 15.9 Å². The molecule has 178 valence electrons. The van der Waals surface area contributed by atoms with Gasteiger partial charge in [0.15, 0.2) is 0 Å². The van der Waals surface area contributed by atoms with Gasteiger partial charge in [-0.25, -0.2) is 13.6 Å². The quantitative estimate of drug-likeness (QED) is 0.616. The molecule has 33 heavy (non-hydrogen) atoms. The standard InChI is InChI=1S/C25H33N3O4S/c1-25(2)16-19-14-21(33(26,30)31)15-22(23(19)32-25)24(29)27-17-20-11-7-13-28(20)12-6-10-18-8-4-3-5-9-18/h3-5,8-9,14-15,20H,6-7,10-13,16-17H2,1-2H3,(H,27,29)(H2,26,30,31)/t20-/m0/s1. The van der Waals surface area contributed by atoms with Crippen LogP contribution in [0.4, 0.5) is 0 Å². The third kappa shape index (κ3) is 5.75. The van der Waals surface area contributed by atoms with Gasteiger partial charge in [-0.05, 0) is 70.3 Å². The number of fused-ring (bicyclic) bond motifs is 1. The van der Waals surface area contributed by atoms with E-state index in [1.54, 1.807) is 0 Å². The topological polar surface area (TPSA) is 102 Å². The van der Waals surface area contributed by atoms with E-state index in [0.29, 0.717) is 24.3 Å². The van der Waals surface area contributed by atoms with Gasteiger partial charge in [-0.15, -0.1) is 0 Å². The first-order valence-electron chi connectivity index (χ1n) is 11.6. The Balaban J connectivity index is 1.40. The van der Waals surface area contributed by atoms with Gasteiger partial charge in [0, 0.05) is 24.6 Å². The number of ether oxygens (including phenoxy) is 1. The number of carbonyl (C=O) groups excluding carboxylic acids is 1. The Morgan fingerprint density at radius 2 is 2.00 bits per heavy atom. The van der Waals surface area contributed by atoms with Crippen molar-refractivity contribution in [1.82, 2.24) is 10.2 Å². The summed E-state index contributed by atoms with van der Waals surface area (Å²) >= 11 is 0. The fourth-order valence-electron chi connectivity index (χ4n) is 4.87. The Labute approximate surface area is 196 Å². The fraction of sp³-hybridized carbons (Fsp3) is 0.480. The first kappa shape index (κ1) is 23.7. The van der Waals surface area contributed by atoms with E-state index in [4.69, 9.17) is 9.88 Å². The highest BCUT2D eigenvalue weighted by atomic mass is 32.2. The summed E-state index contributed by atoms with van der Waals surface area (Å²) in [6.45, 7) is 6.36. The molecule has 0 aliphatic carbocycles. The second-order valence-electron chi connectivity index (χ2n) is 9.67. The predicted octanol–water partition coefficient (Wildman–Crippen LogP) is 2.87. The number of amides is 1. The SMILES string of the molecule is CC1(C)Cc2cc(S(N)(=O)=O)cc(C(=O)NC[C@@H]3CCCN3CCCc3ccccc3)c2O1. The van der Waals surface area contributed by atoms with Crippen LogP contribution in [0.1, 0.15) is 54.6 Å². The van der Waals surface area contributed by atoms with Crippen LogP contribution in [0.2, 0.25) is 0 Å². The van der Waals surface area contributed by atoms with Crippen molar-refractivity contribution < 1.29 is 17.9 Å². The molecule has 8 heteroatoms. The summed E-state index contributed by atoms with van der Waals surface area (Å²) in [6, 6.07) is 13.6. The lowest BCUT2D eigenvalue weighted by atomic mass is 10.0. The van der Waals surface area contributed by atoms with Crippen LogP contribution in [0.25, 0.3) is 0 Å². The number of hydrogen-bond acceptors (Lipinski definition) is 5. The van der Waals surface area contributed by atoms with Crippen LogP contribution < -0.4 is 15.2 Å². The number of aryl methyl sites for hydroxylation is 1.